The molecule has 0 atom stereocenters. The number of anilines is 3. The summed E-state index contributed by atoms with van der Waals surface area (Å²) in [5, 5.41) is 0. The molecule has 0 N–H and O–H groups in total. The lowest BCUT2D eigenvalue weighted by Crippen LogP contribution is -2.22. The van der Waals surface area contributed by atoms with E-state index in [1.807, 2.05) is 0 Å². The predicted molar refractivity (Wildman–Crippen MR) is 180 cm³/mol. The van der Waals surface area contributed by atoms with Gasteiger partial charge in [-0.1, -0.05) is 142 Å². The average molecular weight is 544 g/mol. The molecule has 0 bridgehead atoms. The quantitative estimate of drug-likeness (QED) is 0.184. The maximum absolute atomic E-state index is 2.41. The zero-order chi connectivity index (χ0) is 28.9. The van der Waals surface area contributed by atoms with Crippen LogP contribution in [0.2, 0.25) is 0 Å². The first-order chi connectivity index (χ1) is 20.5. The van der Waals surface area contributed by atoms with Gasteiger partial charge in [-0.3, -0.25) is 0 Å². The van der Waals surface area contributed by atoms with Gasteiger partial charge in [-0.15, -0.1) is 0 Å². The van der Waals surface area contributed by atoms with E-state index in [9.17, 15) is 0 Å². The molecular weight excluding hydrogens is 506 g/mol. The van der Waals surface area contributed by atoms with Crippen LogP contribution in [0.15, 0.2) is 158 Å². The van der Waals surface area contributed by atoms with Crippen LogP contribution in [-0.4, -0.2) is 0 Å². The van der Waals surface area contributed by atoms with Gasteiger partial charge in [0, 0.05) is 22.5 Å². The molecule has 1 heteroatoms. The van der Waals surface area contributed by atoms with Crippen LogP contribution in [0.25, 0.3) is 22.3 Å². The summed E-state index contributed by atoms with van der Waals surface area (Å²) < 4.78 is 0. The molecule has 0 aliphatic carbocycles. The maximum Gasteiger partial charge on any atom is 0.0467 e. The molecule has 0 amide bonds. The van der Waals surface area contributed by atoms with E-state index in [0.717, 1.165) is 23.5 Å². The SMILES string of the molecule is CCc1ccc(N(c2cccc(-c3ccccc3)c2)c2cccc(-c3ccccc3)c2)cc1C(C)(C)c1ccccc1. The second kappa shape index (κ2) is 11.9. The van der Waals surface area contributed by atoms with Gasteiger partial charge in [-0.25, -0.2) is 0 Å². The van der Waals surface area contributed by atoms with Crippen LogP contribution >= 0.6 is 0 Å². The lowest BCUT2D eigenvalue weighted by molar-refractivity contribution is 0.632. The molecular formula is C41H37N. The zero-order valence-electron chi connectivity index (χ0n) is 24.7. The molecule has 206 valence electrons. The standard InChI is InChI=1S/C41H37N/c1-4-31-26-27-39(30-40(31)41(2,3)36-22-12-7-13-23-36)42(37-24-14-20-34(28-37)32-16-8-5-9-17-32)38-25-15-21-35(29-38)33-18-10-6-11-19-33/h5-30H,4H2,1-3H3. The first-order valence-corrected chi connectivity index (χ1v) is 14.8. The second-order valence-corrected chi connectivity index (χ2v) is 11.4. The van der Waals surface area contributed by atoms with Crippen molar-refractivity contribution in [3.8, 4) is 22.3 Å². The summed E-state index contributed by atoms with van der Waals surface area (Å²) in [5.74, 6) is 0. The molecule has 1 nitrogen and oxygen atoms in total. The number of hydrogen-bond donors (Lipinski definition) is 0. The minimum absolute atomic E-state index is 0.147. The molecule has 0 unspecified atom stereocenters. The first kappa shape index (κ1) is 27.3. The topological polar surface area (TPSA) is 3.24 Å². The Morgan fingerprint density at radius 2 is 0.905 bits per heavy atom. The van der Waals surface area contributed by atoms with Crippen LogP contribution in [-0.2, 0) is 11.8 Å². The molecule has 0 saturated carbocycles. The van der Waals surface area contributed by atoms with E-state index in [0.29, 0.717) is 0 Å². The molecule has 0 heterocycles. The van der Waals surface area contributed by atoms with E-state index in [1.54, 1.807) is 0 Å². The smallest absolute Gasteiger partial charge is 0.0467 e. The second-order valence-electron chi connectivity index (χ2n) is 11.4. The van der Waals surface area contributed by atoms with Crippen LogP contribution in [0, 0.1) is 0 Å². The van der Waals surface area contributed by atoms with Gasteiger partial charge < -0.3 is 4.90 Å². The highest BCUT2D eigenvalue weighted by Gasteiger charge is 2.27. The van der Waals surface area contributed by atoms with Crippen molar-refractivity contribution < 1.29 is 0 Å². The fourth-order valence-electron chi connectivity index (χ4n) is 5.96. The van der Waals surface area contributed by atoms with Gasteiger partial charge in [0.1, 0.15) is 0 Å². The van der Waals surface area contributed by atoms with Crippen molar-refractivity contribution in [2.24, 2.45) is 0 Å². The van der Waals surface area contributed by atoms with E-state index in [2.05, 4.69) is 183 Å². The third kappa shape index (κ3) is 5.51. The molecule has 6 rings (SSSR count). The van der Waals surface area contributed by atoms with Gasteiger partial charge >= 0.3 is 0 Å². The number of rotatable bonds is 8. The Balaban J connectivity index is 1.54. The molecule has 0 saturated heterocycles. The minimum Gasteiger partial charge on any atom is -0.310 e. The Bertz CT molecular complexity index is 1690. The summed E-state index contributed by atoms with van der Waals surface area (Å²) >= 11 is 0. The Hall–Kier alpha value is -4.88. The summed E-state index contributed by atoms with van der Waals surface area (Å²) in [6, 6.07) is 56.9. The normalized spacial score (nSPS) is 11.3. The van der Waals surface area contributed by atoms with E-state index in [1.165, 1.54) is 38.9 Å². The number of hydrogen-bond acceptors (Lipinski definition) is 1. The summed E-state index contributed by atoms with van der Waals surface area (Å²) in [4.78, 5) is 2.41. The minimum atomic E-state index is -0.147. The summed E-state index contributed by atoms with van der Waals surface area (Å²) in [6.07, 6.45) is 0.985. The van der Waals surface area contributed by atoms with E-state index in [-0.39, 0.29) is 5.41 Å². The molecule has 0 fully saturated rings. The van der Waals surface area contributed by atoms with Gasteiger partial charge in [0.05, 0.1) is 0 Å². The summed E-state index contributed by atoms with van der Waals surface area (Å²) in [5.41, 5.74) is 12.2. The summed E-state index contributed by atoms with van der Waals surface area (Å²) in [6.45, 7) is 6.94. The molecule has 0 aliphatic heterocycles. The van der Waals surface area contributed by atoms with Crippen molar-refractivity contribution in [3.63, 3.8) is 0 Å². The Morgan fingerprint density at radius 1 is 0.452 bits per heavy atom. The maximum atomic E-state index is 2.41. The van der Waals surface area contributed by atoms with Crippen molar-refractivity contribution in [3.05, 3.63) is 174 Å². The van der Waals surface area contributed by atoms with Gasteiger partial charge in [0.2, 0.25) is 0 Å². The number of aryl methyl sites for hydroxylation is 1. The van der Waals surface area contributed by atoms with Crippen molar-refractivity contribution in [2.75, 3.05) is 4.90 Å². The zero-order valence-corrected chi connectivity index (χ0v) is 24.7. The lowest BCUT2D eigenvalue weighted by Gasteiger charge is -2.32. The fourth-order valence-corrected chi connectivity index (χ4v) is 5.96. The largest absolute Gasteiger partial charge is 0.310 e. The third-order valence-corrected chi connectivity index (χ3v) is 8.32. The number of benzene rings is 6. The molecule has 0 aromatic heterocycles. The highest BCUT2D eigenvalue weighted by atomic mass is 15.1. The van der Waals surface area contributed by atoms with Gasteiger partial charge in [0.25, 0.3) is 0 Å². The van der Waals surface area contributed by atoms with Crippen LogP contribution in [0.5, 0.6) is 0 Å². The monoisotopic (exact) mass is 543 g/mol. The van der Waals surface area contributed by atoms with Gasteiger partial charge in [-0.05, 0) is 81.8 Å². The predicted octanol–water partition coefficient (Wildman–Crippen LogP) is 11.4. The summed E-state index contributed by atoms with van der Waals surface area (Å²) in [7, 11) is 0. The van der Waals surface area contributed by atoms with Gasteiger partial charge in [-0.2, -0.15) is 0 Å². The third-order valence-electron chi connectivity index (χ3n) is 8.32. The highest BCUT2D eigenvalue weighted by Crippen LogP contribution is 2.42. The van der Waals surface area contributed by atoms with E-state index >= 15 is 0 Å². The Morgan fingerprint density at radius 3 is 1.40 bits per heavy atom. The van der Waals surface area contributed by atoms with Crippen LogP contribution in [0.3, 0.4) is 0 Å². The van der Waals surface area contributed by atoms with Crippen molar-refractivity contribution in [1.29, 1.82) is 0 Å². The van der Waals surface area contributed by atoms with Crippen LogP contribution in [0.4, 0.5) is 17.1 Å². The van der Waals surface area contributed by atoms with Crippen LogP contribution < -0.4 is 4.90 Å². The Labute approximate surface area is 250 Å². The van der Waals surface area contributed by atoms with E-state index < -0.39 is 0 Å². The molecule has 0 spiro atoms. The van der Waals surface area contributed by atoms with Crippen molar-refractivity contribution in [2.45, 2.75) is 32.6 Å². The molecule has 42 heavy (non-hydrogen) atoms. The molecule has 6 aromatic rings. The molecule has 0 aliphatic rings. The average Bonchev–Trinajstić information content (AvgIpc) is 3.06. The Kier molecular flexibility index (Phi) is 7.75. The van der Waals surface area contributed by atoms with Crippen molar-refractivity contribution in [1.82, 2.24) is 0 Å². The fraction of sp³-hybridized carbons (Fsp3) is 0.122. The van der Waals surface area contributed by atoms with Gasteiger partial charge in [0.15, 0.2) is 0 Å². The first-order valence-electron chi connectivity index (χ1n) is 14.8. The lowest BCUT2D eigenvalue weighted by atomic mass is 9.75. The van der Waals surface area contributed by atoms with Crippen LogP contribution in [0.1, 0.15) is 37.5 Å². The highest BCUT2D eigenvalue weighted by molar-refractivity contribution is 5.82. The van der Waals surface area contributed by atoms with E-state index in [4.69, 9.17) is 0 Å². The van der Waals surface area contributed by atoms with Crippen molar-refractivity contribution >= 4 is 17.1 Å². The molecule has 6 aromatic carbocycles. The molecule has 0 radical (unpaired) electrons. The number of nitrogens with zero attached hydrogens (tertiary/aromatic N) is 1.